The minimum atomic E-state index is -1.74. The molecule has 0 aromatic rings. The molecule has 0 saturated heterocycles. The summed E-state index contributed by atoms with van der Waals surface area (Å²) in [6, 6.07) is -1.44. The van der Waals surface area contributed by atoms with Crippen molar-refractivity contribution < 1.29 is 76.0 Å². The molecule has 8 heteroatoms. The van der Waals surface area contributed by atoms with E-state index in [0.29, 0.717) is 0 Å². The van der Waals surface area contributed by atoms with Gasteiger partial charge in [-0.2, -0.15) is 0 Å². The van der Waals surface area contributed by atoms with Crippen LogP contribution in [0.25, 0.3) is 0 Å². The average molecular weight is 214 g/mol. The number of nitrogens with two attached hydrogens (primary N) is 1. The van der Waals surface area contributed by atoms with Gasteiger partial charge >= 0.3 is 57.4 Å². The van der Waals surface area contributed by atoms with Crippen LogP contribution >= 0.6 is 0 Å². The standard InChI is InChI=1S/C5H8N2O5.K/c6-4(10)2(1-3(8)9)7-5(11)12;/h2,7H,1H2,(H2,6,10)(H,8,9)(H,11,12);/q;+1/p-1/t2-;/m0./s1. The Labute approximate surface area is 116 Å². The summed E-state index contributed by atoms with van der Waals surface area (Å²) in [5.74, 6) is -2.38. The summed E-state index contributed by atoms with van der Waals surface area (Å²) >= 11 is 0. The van der Waals surface area contributed by atoms with E-state index >= 15 is 0 Å². The Morgan fingerprint density at radius 2 is 1.92 bits per heavy atom. The molecular formula is C5H7KN2O5. The van der Waals surface area contributed by atoms with Crippen molar-refractivity contribution in [3.05, 3.63) is 0 Å². The number of rotatable bonds is 4. The number of carbonyl (C=O) groups excluding carboxylic acids is 2. The van der Waals surface area contributed by atoms with Crippen molar-refractivity contribution in [2.24, 2.45) is 5.73 Å². The zero-order valence-corrected chi connectivity index (χ0v) is 10.1. The number of amides is 2. The smallest absolute Gasteiger partial charge is 0.530 e. The first-order chi connectivity index (χ1) is 5.43. The van der Waals surface area contributed by atoms with Crippen molar-refractivity contribution in [2.45, 2.75) is 12.5 Å². The molecule has 0 saturated carbocycles. The maximum Gasteiger partial charge on any atom is 1.00 e. The van der Waals surface area contributed by atoms with Crippen molar-refractivity contribution in [3.8, 4) is 0 Å². The second-order valence-electron chi connectivity index (χ2n) is 1.98. The van der Waals surface area contributed by atoms with Gasteiger partial charge in [-0.25, -0.2) is 0 Å². The minimum absolute atomic E-state index is 0. The summed E-state index contributed by atoms with van der Waals surface area (Å²) in [6.07, 6.45) is -2.43. The normalized spacial score (nSPS) is 10.8. The third-order valence-corrected chi connectivity index (χ3v) is 1.01. The number of hydrogen-bond acceptors (Lipinski definition) is 4. The van der Waals surface area contributed by atoms with Crippen molar-refractivity contribution in [2.75, 3.05) is 0 Å². The number of carbonyl (C=O) groups is 3. The molecule has 13 heavy (non-hydrogen) atoms. The van der Waals surface area contributed by atoms with Crippen LogP contribution in [0.5, 0.6) is 0 Å². The van der Waals surface area contributed by atoms with Gasteiger partial charge in [0.15, 0.2) is 0 Å². The third-order valence-electron chi connectivity index (χ3n) is 1.01. The van der Waals surface area contributed by atoms with Gasteiger partial charge in [-0.3, -0.25) is 9.59 Å². The first kappa shape index (κ1) is 15.3. The summed E-state index contributed by atoms with van der Waals surface area (Å²) in [5.41, 5.74) is 4.68. The van der Waals surface area contributed by atoms with Crippen molar-refractivity contribution in [1.82, 2.24) is 5.32 Å². The van der Waals surface area contributed by atoms with Gasteiger partial charge in [0.05, 0.1) is 6.42 Å². The maximum absolute atomic E-state index is 10.4. The summed E-state index contributed by atoms with van der Waals surface area (Å²) in [6.45, 7) is 0. The van der Waals surface area contributed by atoms with Crippen LogP contribution in [-0.2, 0) is 9.59 Å². The SMILES string of the molecule is NC(=O)[C@H](CC(=O)O)NC(=O)[O-].[K+]. The Morgan fingerprint density at radius 3 is 2.15 bits per heavy atom. The van der Waals surface area contributed by atoms with Crippen LogP contribution in [0.3, 0.4) is 0 Å². The summed E-state index contributed by atoms with van der Waals surface area (Å²) in [5, 5.41) is 19.6. The van der Waals surface area contributed by atoms with Crippen molar-refractivity contribution in [1.29, 1.82) is 0 Å². The molecule has 7 nitrogen and oxygen atoms in total. The third kappa shape index (κ3) is 8.18. The number of carboxylic acid groups (broad SMARTS) is 2. The fraction of sp³-hybridized carbons (Fsp3) is 0.400. The molecule has 0 aromatic heterocycles. The van der Waals surface area contributed by atoms with Crippen LogP contribution in [0.4, 0.5) is 4.79 Å². The molecule has 0 heterocycles. The monoisotopic (exact) mass is 214 g/mol. The van der Waals surface area contributed by atoms with Gasteiger partial charge in [-0.15, -0.1) is 0 Å². The topological polar surface area (TPSA) is 133 Å². The largest absolute Gasteiger partial charge is 1.00 e. The molecule has 68 valence electrons. The number of nitrogens with one attached hydrogen (secondary N) is 1. The van der Waals surface area contributed by atoms with E-state index in [1.54, 1.807) is 5.32 Å². The molecule has 0 fully saturated rings. The van der Waals surface area contributed by atoms with E-state index in [4.69, 9.17) is 5.11 Å². The number of aliphatic carboxylic acids is 1. The van der Waals surface area contributed by atoms with Gasteiger partial charge < -0.3 is 26.1 Å². The fourth-order valence-electron chi connectivity index (χ4n) is 0.540. The molecule has 0 aliphatic carbocycles. The Bertz CT molecular complexity index is 203. The predicted molar refractivity (Wildman–Crippen MR) is 33.8 cm³/mol. The Balaban J connectivity index is 0. The van der Waals surface area contributed by atoms with Gasteiger partial charge in [0.25, 0.3) is 0 Å². The van der Waals surface area contributed by atoms with Crippen LogP contribution in [0.2, 0.25) is 0 Å². The van der Waals surface area contributed by atoms with Crippen LogP contribution in [0.15, 0.2) is 0 Å². The molecule has 0 rings (SSSR count). The molecule has 0 radical (unpaired) electrons. The van der Waals surface area contributed by atoms with Crippen molar-refractivity contribution in [3.63, 3.8) is 0 Å². The van der Waals surface area contributed by atoms with E-state index in [1.165, 1.54) is 0 Å². The van der Waals surface area contributed by atoms with Gasteiger partial charge in [-0.05, 0) is 0 Å². The van der Waals surface area contributed by atoms with Crippen LogP contribution in [0.1, 0.15) is 6.42 Å². The Kier molecular flexibility index (Phi) is 8.57. The first-order valence-corrected chi connectivity index (χ1v) is 2.92. The average Bonchev–Trinajstić information content (AvgIpc) is 1.83. The van der Waals surface area contributed by atoms with E-state index < -0.39 is 30.4 Å². The van der Waals surface area contributed by atoms with Gasteiger partial charge in [0.2, 0.25) is 5.91 Å². The fourth-order valence-corrected chi connectivity index (χ4v) is 0.540. The van der Waals surface area contributed by atoms with Crippen LogP contribution in [-0.4, -0.2) is 29.1 Å². The zero-order chi connectivity index (χ0) is 9.72. The molecule has 1 atom stereocenters. The zero-order valence-electron chi connectivity index (χ0n) is 6.94. The van der Waals surface area contributed by atoms with Gasteiger partial charge in [-0.1, -0.05) is 0 Å². The molecule has 0 aromatic carbocycles. The molecule has 2 amide bonds. The Hall–Kier alpha value is -0.154. The van der Waals surface area contributed by atoms with E-state index in [0.717, 1.165) is 0 Å². The molecule has 0 aliphatic rings. The second kappa shape index (κ2) is 7.27. The van der Waals surface area contributed by atoms with E-state index in [-0.39, 0.29) is 51.4 Å². The van der Waals surface area contributed by atoms with Gasteiger partial charge in [0, 0.05) is 0 Å². The number of carboxylic acids is 1. The minimum Gasteiger partial charge on any atom is -0.530 e. The maximum atomic E-state index is 10.4. The number of hydrogen-bond donors (Lipinski definition) is 3. The van der Waals surface area contributed by atoms with Crippen LogP contribution in [0, 0.1) is 0 Å². The van der Waals surface area contributed by atoms with Crippen molar-refractivity contribution >= 4 is 18.0 Å². The summed E-state index contributed by atoms with van der Waals surface area (Å²) in [7, 11) is 0. The van der Waals surface area contributed by atoms with E-state index in [1.807, 2.05) is 0 Å². The number of primary amides is 1. The molecule has 0 bridgehead atoms. The molecule has 0 aliphatic heterocycles. The Morgan fingerprint density at radius 1 is 1.46 bits per heavy atom. The molecule has 0 spiro atoms. The molecule has 4 N–H and O–H groups in total. The summed E-state index contributed by atoms with van der Waals surface area (Å²) in [4.78, 5) is 30.3. The molecular weight excluding hydrogens is 207 g/mol. The van der Waals surface area contributed by atoms with Crippen LogP contribution < -0.4 is 67.5 Å². The summed E-state index contributed by atoms with van der Waals surface area (Å²) < 4.78 is 0. The first-order valence-electron chi connectivity index (χ1n) is 2.92. The van der Waals surface area contributed by atoms with E-state index in [9.17, 15) is 19.5 Å². The predicted octanol–water partition coefficient (Wildman–Crippen LogP) is -5.75. The van der Waals surface area contributed by atoms with Gasteiger partial charge in [0.1, 0.15) is 12.1 Å². The quantitative estimate of drug-likeness (QED) is 0.401. The second-order valence-corrected chi connectivity index (χ2v) is 1.98. The molecule has 0 unspecified atom stereocenters. The van der Waals surface area contributed by atoms with E-state index in [2.05, 4.69) is 5.73 Å².